The number of aliphatic hydroxyl groups excluding tert-OH is 1. The molecule has 1 aliphatic carbocycles. The van der Waals surface area contributed by atoms with Gasteiger partial charge in [-0.05, 0) is 50.2 Å². The summed E-state index contributed by atoms with van der Waals surface area (Å²) in [5.74, 6) is 0.787. The summed E-state index contributed by atoms with van der Waals surface area (Å²) >= 11 is 6.09. The number of carbonyl (C=O) groups excluding carboxylic acids is 2. The molecule has 0 radical (unpaired) electrons. The Labute approximate surface area is 228 Å². The number of hydrogen-bond donors (Lipinski definition) is 2. The molecule has 3 heterocycles. The van der Waals surface area contributed by atoms with Crippen molar-refractivity contribution in [3.05, 3.63) is 35.2 Å². The molecule has 2 saturated heterocycles. The van der Waals surface area contributed by atoms with Crippen molar-refractivity contribution in [3.63, 3.8) is 0 Å². The van der Waals surface area contributed by atoms with Crippen LogP contribution in [0.25, 0.3) is 11.4 Å². The van der Waals surface area contributed by atoms with E-state index < -0.39 is 17.7 Å². The molecule has 2 amide bonds. The molecule has 1 aromatic heterocycles. The third kappa shape index (κ3) is 5.46. The van der Waals surface area contributed by atoms with E-state index in [0.29, 0.717) is 55.8 Å². The summed E-state index contributed by atoms with van der Waals surface area (Å²) in [6, 6.07) is 6.46. The third-order valence-electron chi connectivity index (χ3n) is 8.56. The Bertz CT molecular complexity index is 1130. The minimum atomic E-state index is -0.883. The molecule has 5 rings (SSSR count). The summed E-state index contributed by atoms with van der Waals surface area (Å²) in [6.07, 6.45) is 7.08. The van der Waals surface area contributed by atoms with Crippen LogP contribution < -0.4 is 5.32 Å². The van der Waals surface area contributed by atoms with E-state index in [1.54, 1.807) is 17.0 Å². The van der Waals surface area contributed by atoms with E-state index in [2.05, 4.69) is 27.3 Å². The van der Waals surface area contributed by atoms with Crippen molar-refractivity contribution >= 4 is 23.4 Å². The second kappa shape index (κ2) is 11.7. The summed E-state index contributed by atoms with van der Waals surface area (Å²) in [5.41, 5.74) is -0.0919. The van der Waals surface area contributed by atoms with Crippen LogP contribution in [-0.4, -0.2) is 74.2 Å². The molecule has 0 unspecified atom stereocenters. The van der Waals surface area contributed by atoms with Crippen LogP contribution >= 0.6 is 11.6 Å². The van der Waals surface area contributed by atoms with Crippen molar-refractivity contribution in [2.45, 2.75) is 88.9 Å². The molecule has 3 aliphatic rings. The maximum Gasteiger partial charge on any atom is 0.248 e. The van der Waals surface area contributed by atoms with Gasteiger partial charge in [0.25, 0.3) is 0 Å². The predicted molar refractivity (Wildman–Crippen MR) is 143 cm³/mol. The molecule has 3 fully saturated rings. The van der Waals surface area contributed by atoms with Gasteiger partial charge in [0, 0.05) is 30.2 Å². The molecule has 2 aliphatic heterocycles. The molecule has 1 saturated carbocycles. The first-order valence-electron chi connectivity index (χ1n) is 14.0. The Morgan fingerprint density at radius 2 is 1.97 bits per heavy atom. The molecule has 2 atom stereocenters. The number of rotatable bonds is 8. The first-order valence-corrected chi connectivity index (χ1v) is 14.4. The van der Waals surface area contributed by atoms with E-state index in [-0.39, 0.29) is 17.7 Å². The van der Waals surface area contributed by atoms with E-state index in [1.807, 2.05) is 12.1 Å². The Kier molecular flexibility index (Phi) is 8.35. The fraction of sp³-hybridized carbons (Fsp3) is 0.643. The number of nitrogens with one attached hydrogen (secondary N) is 1. The van der Waals surface area contributed by atoms with Gasteiger partial charge in [-0.1, -0.05) is 61.5 Å². The number of amides is 2. The number of unbranched alkanes of at least 4 members (excludes halogenated alkanes) is 1. The monoisotopic (exact) mass is 543 g/mol. The molecular formula is C28H38ClN5O4. The minimum Gasteiger partial charge on any atom is -0.390 e. The van der Waals surface area contributed by atoms with Crippen LogP contribution in [0.2, 0.25) is 5.02 Å². The number of benzene rings is 1. The van der Waals surface area contributed by atoms with Gasteiger partial charge in [-0.3, -0.25) is 14.5 Å². The lowest BCUT2D eigenvalue weighted by molar-refractivity contribution is -0.166. The second-order valence-corrected chi connectivity index (χ2v) is 11.4. The van der Waals surface area contributed by atoms with Crippen LogP contribution in [-0.2, 0) is 16.1 Å². The molecule has 206 valence electrons. The molecule has 0 bridgehead atoms. The fourth-order valence-electron chi connectivity index (χ4n) is 6.29. The van der Waals surface area contributed by atoms with Crippen LogP contribution in [0.5, 0.6) is 0 Å². The lowest BCUT2D eigenvalue weighted by Gasteiger charge is -2.52. The fourth-order valence-corrected chi connectivity index (χ4v) is 6.48. The van der Waals surface area contributed by atoms with Gasteiger partial charge < -0.3 is 19.8 Å². The van der Waals surface area contributed by atoms with E-state index in [1.165, 1.54) is 6.42 Å². The van der Waals surface area contributed by atoms with Crippen molar-refractivity contribution in [2.24, 2.45) is 5.92 Å². The first-order chi connectivity index (χ1) is 18.4. The quantitative estimate of drug-likeness (QED) is 0.521. The van der Waals surface area contributed by atoms with Crippen LogP contribution in [0.4, 0.5) is 0 Å². The Morgan fingerprint density at radius 3 is 2.68 bits per heavy atom. The third-order valence-corrected chi connectivity index (χ3v) is 8.80. The van der Waals surface area contributed by atoms with E-state index in [4.69, 9.17) is 16.1 Å². The Hall–Kier alpha value is -2.49. The summed E-state index contributed by atoms with van der Waals surface area (Å²) in [4.78, 5) is 35.9. The molecule has 10 heteroatoms. The molecule has 9 nitrogen and oxygen atoms in total. The first kappa shape index (κ1) is 27.1. The zero-order valence-electron chi connectivity index (χ0n) is 22.1. The van der Waals surface area contributed by atoms with Gasteiger partial charge >= 0.3 is 0 Å². The summed E-state index contributed by atoms with van der Waals surface area (Å²) in [5, 5.41) is 18.8. The number of halogens is 1. The summed E-state index contributed by atoms with van der Waals surface area (Å²) in [6.45, 7) is 4.32. The highest BCUT2D eigenvalue weighted by Gasteiger charge is 2.55. The van der Waals surface area contributed by atoms with Crippen LogP contribution in [0, 0.1) is 5.92 Å². The molecule has 1 spiro atoms. The topological polar surface area (TPSA) is 112 Å². The van der Waals surface area contributed by atoms with E-state index in [9.17, 15) is 14.7 Å². The summed E-state index contributed by atoms with van der Waals surface area (Å²) in [7, 11) is 0. The largest absolute Gasteiger partial charge is 0.390 e. The zero-order chi connectivity index (χ0) is 26.7. The van der Waals surface area contributed by atoms with Gasteiger partial charge in [-0.15, -0.1) is 0 Å². The molecular weight excluding hydrogens is 506 g/mol. The highest BCUT2D eigenvalue weighted by molar-refractivity contribution is 6.30. The Morgan fingerprint density at radius 1 is 1.21 bits per heavy atom. The molecule has 38 heavy (non-hydrogen) atoms. The van der Waals surface area contributed by atoms with Crippen molar-refractivity contribution in [1.82, 2.24) is 25.3 Å². The molecule has 2 aromatic rings. The number of carbonyl (C=O) groups is 2. The van der Waals surface area contributed by atoms with Crippen LogP contribution in [0.1, 0.15) is 70.6 Å². The maximum atomic E-state index is 13.8. The lowest BCUT2D eigenvalue weighted by atomic mass is 9.78. The van der Waals surface area contributed by atoms with Crippen LogP contribution in [0.15, 0.2) is 28.8 Å². The van der Waals surface area contributed by atoms with Crippen molar-refractivity contribution in [1.29, 1.82) is 0 Å². The van der Waals surface area contributed by atoms with Gasteiger partial charge in [0.1, 0.15) is 11.6 Å². The average molecular weight is 544 g/mol. The predicted octanol–water partition coefficient (Wildman–Crippen LogP) is 3.79. The summed E-state index contributed by atoms with van der Waals surface area (Å²) < 4.78 is 5.49. The van der Waals surface area contributed by atoms with Gasteiger partial charge in [-0.2, -0.15) is 4.98 Å². The zero-order valence-corrected chi connectivity index (χ0v) is 22.8. The maximum absolute atomic E-state index is 13.8. The normalized spacial score (nSPS) is 23.6. The van der Waals surface area contributed by atoms with Crippen molar-refractivity contribution in [2.75, 3.05) is 19.6 Å². The van der Waals surface area contributed by atoms with Gasteiger partial charge in [0.2, 0.25) is 23.5 Å². The van der Waals surface area contributed by atoms with Crippen molar-refractivity contribution in [3.8, 4) is 11.4 Å². The van der Waals surface area contributed by atoms with Gasteiger partial charge in [-0.25, -0.2) is 0 Å². The van der Waals surface area contributed by atoms with E-state index >= 15 is 0 Å². The number of aliphatic hydroxyl groups is 1. The molecule has 2 N–H and O–H groups in total. The minimum absolute atomic E-state index is 0.0631. The van der Waals surface area contributed by atoms with Gasteiger partial charge in [0.05, 0.1) is 12.6 Å². The highest BCUT2D eigenvalue weighted by atomic mass is 35.5. The average Bonchev–Trinajstić information content (AvgIpc) is 3.40. The number of piperidine rings is 1. The number of hydrogen-bond acceptors (Lipinski definition) is 7. The standard InChI is InChI=1S/C28H38ClN5O4/c1-2-3-14-34-26(36)23(24(35)19-8-5-4-6-9-19)31-27(37)28(34)12-15-33(16-13-28)18-22-30-25(32-38-22)20-10-7-11-21(29)17-20/h7,10-11,17,19,23-24,35H,2-6,8-9,12-16,18H2,1H3,(H,31,37)/t23-,24-/m1/s1. The molecule has 1 aromatic carbocycles. The van der Waals surface area contributed by atoms with Gasteiger partial charge in [0.15, 0.2) is 0 Å². The number of nitrogens with zero attached hydrogens (tertiary/aromatic N) is 4. The Balaban J connectivity index is 1.26. The highest BCUT2D eigenvalue weighted by Crippen LogP contribution is 2.36. The second-order valence-electron chi connectivity index (χ2n) is 11.0. The van der Waals surface area contributed by atoms with Crippen LogP contribution in [0.3, 0.4) is 0 Å². The lowest BCUT2D eigenvalue weighted by Crippen LogP contribution is -2.75. The number of likely N-dealkylation sites (tertiary alicyclic amines) is 1. The van der Waals surface area contributed by atoms with E-state index in [0.717, 1.165) is 44.1 Å². The van der Waals surface area contributed by atoms with Crippen molar-refractivity contribution < 1.29 is 19.2 Å². The smallest absolute Gasteiger partial charge is 0.248 e. The SMILES string of the molecule is CCCCN1C(=O)[C@@H]([C@H](O)C2CCCCC2)NC(=O)C12CCN(Cc1nc(-c3cccc(Cl)c3)no1)CC2. The number of piperazine rings is 1. The number of aromatic nitrogens is 2.